The fraction of sp³-hybridized carbons (Fsp3) is 1.00. The summed E-state index contributed by atoms with van der Waals surface area (Å²) in [5.41, 5.74) is 0. The standard InChI is InChI=1S/C18H38O/c1-13(2)9-17(10-14(3)4)19-18(11-15(5)6)12-16(7)8/h13-18H,9-12H2,1-8H3. The van der Waals surface area contributed by atoms with Gasteiger partial charge in [0.2, 0.25) is 0 Å². The second-order valence-electron chi connectivity index (χ2n) is 7.90. The van der Waals surface area contributed by atoms with Gasteiger partial charge in [0.1, 0.15) is 0 Å². The van der Waals surface area contributed by atoms with Crippen molar-refractivity contribution in [3.8, 4) is 0 Å². The number of rotatable bonds is 10. The molecule has 0 rings (SSSR count). The minimum absolute atomic E-state index is 0.447. The lowest BCUT2D eigenvalue weighted by atomic mass is 9.95. The monoisotopic (exact) mass is 270 g/mol. The fourth-order valence-electron chi connectivity index (χ4n) is 2.79. The van der Waals surface area contributed by atoms with Gasteiger partial charge in [-0.2, -0.15) is 0 Å². The van der Waals surface area contributed by atoms with Gasteiger partial charge < -0.3 is 4.74 Å². The highest BCUT2D eigenvalue weighted by molar-refractivity contribution is 4.70. The molecule has 0 unspecified atom stereocenters. The summed E-state index contributed by atoms with van der Waals surface area (Å²) < 4.78 is 6.49. The zero-order valence-electron chi connectivity index (χ0n) is 14.7. The summed E-state index contributed by atoms with van der Waals surface area (Å²) in [6.07, 6.45) is 5.69. The van der Waals surface area contributed by atoms with E-state index in [9.17, 15) is 0 Å². The predicted octanol–water partition coefficient (Wildman–Crippen LogP) is 5.92. The Morgan fingerprint density at radius 1 is 0.474 bits per heavy atom. The van der Waals surface area contributed by atoms with E-state index in [2.05, 4.69) is 55.4 Å². The molecule has 0 bridgehead atoms. The maximum Gasteiger partial charge on any atom is 0.0583 e. The van der Waals surface area contributed by atoms with Crippen LogP contribution in [0.25, 0.3) is 0 Å². The van der Waals surface area contributed by atoms with Gasteiger partial charge in [0.15, 0.2) is 0 Å². The third-order valence-corrected chi connectivity index (χ3v) is 3.32. The Bertz CT molecular complexity index is 164. The first kappa shape index (κ1) is 19.0. The van der Waals surface area contributed by atoms with E-state index in [1.54, 1.807) is 0 Å². The van der Waals surface area contributed by atoms with Crippen LogP contribution < -0.4 is 0 Å². The number of hydrogen-bond donors (Lipinski definition) is 0. The summed E-state index contributed by atoms with van der Waals surface area (Å²) in [5, 5.41) is 0. The van der Waals surface area contributed by atoms with E-state index in [1.807, 2.05) is 0 Å². The van der Waals surface area contributed by atoms with Crippen LogP contribution >= 0.6 is 0 Å². The summed E-state index contributed by atoms with van der Waals surface area (Å²) >= 11 is 0. The molecule has 0 saturated carbocycles. The molecule has 0 amide bonds. The molecule has 0 aliphatic carbocycles. The molecule has 0 aromatic heterocycles. The minimum Gasteiger partial charge on any atom is -0.375 e. The summed E-state index contributed by atoms with van der Waals surface area (Å²) in [6.45, 7) is 18.4. The molecular weight excluding hydrogens is 232 g/mol. The number of hydrogen-bond acceptors (Lipinski definition) is 1. The van der Waals surface area contributed by atoms with Crippen molar-refractivity contribution >= 4 is 0 Å². The van der Waals surface area contributed by atoms with Crippen LogP contribution in [0.4, 0.5) is 0 Å². The molecule has 1 nitrogen and oxygen atoms in total. The fourth-order valence-corrected chi connectivity index (χ4v) is 2.79. The Morgan fingerprint density at radius 2 is 0.684 bits per heavy atom. The van der Waals surface area contributed by atoms with Crippen molar-refractivity contribution in [1.29, 1.82) is 0 Å². The van der Waals surface area contributed by atoms with Crippen LogP contribution in [0.5, 0.6) is 0 Å². The summed E-state index contributed by atoms with van der Waals surface area (Å²) in [6, 6.07) is 0. The minimum atomic E-state index is 0.447. The van der Waals surface area contributed by atoms with Gasteiger partial charge >= 0.3 is 0 Å². The van der Waals surface area contributed by atoms with Crippen LogP contribution in [0.2, 0.25) is 0 Å². The Labute approximate surface area is 122 Å². The zero-order valence-corrected chi connectivity index (χ0v) is 14.7. The van der Waals surface area contributed by atoms with E-state index in [-0.39, 0.29) is 0 Å². The third-order valence-electron chi connectivity index (χ3n) is 3.32. The Hall–Kier alpha value is -0.0400. The topological polar surface area (TPSA) is 9.23 Å². The van der Waals surface area contributed by atoms with Gasteiger partial charge in [0.05, 0.1) is 12.2 Å². The molecule has 0 N–H and O–H groups in total. The lowest BCUT2D eigenvalue weighted by molar-refractivity contribution is -0.0484. The lowest BCUT2D eigenvalue weighted by Crippen LogP contribution is -2.27. The van der Waals surface area contributed by atoms with Crippen LogP contribution in [0.15, 0.2) is 0 Å². The molecule has 0 atom stereocenters. The lowest BCUT2D eigenvalue weighted by Gasteiger charge is -2.29. The largest absolute Gasteiger partial charge is 0.375 e. The molecule has 0 fully saturated rings. The van der Waals surface area contributed by atoms with Crippen LogP contribution in [-0.2, 0) is 4.74 Å². The maximum atomic E-state index is 6.49. The third kappa shape index (κ3) is 11.5. The van der Waals surface area contributed by atoms with Gasteiger partial charge in [0.25, 0.3) is 0 Å². The van der Waals surface area contributed by atoms with Crippen molar-refractivity contribution in [2.45, 2.75) is 93.3 Å². The van der Waals surface area contributed by atoms with Crippen molar-refractivity contribution in [2.75, 3.05) is 0 Å². The van der Waals surface area contributed by atoms with E-state index in [4.69, 9.17) is 4.74 Å². The van der Waals surface area contributed by atoms with Crippen LogP contribution in [0.3, 0.4) is 0 Å². The van der Waals surface area contributed by atoms with Crippen molar-refractivity contribution in [1.82, 2.24) is 0 Å². The number of ether oxygens (including phenoxy) is 1. The van der Waals surface area contributed by atoms with Gasteiger partial charge in [-0.05, 0) is 49.4 Å². The summed E-state index contributed by atoms with van der Waals surface area (Å²) in [4.78, 5) is 0. The van der Waals surface area contributed by atoms with Crippen LogP contribution in [-0.4, -0.2) is 12.2 Å². The highest BCUT2D eigenvalue weighted by Gasteiger charge is 2.20. The summed E-state index contributed by atoms with van der Waals surface area (Å²) in [7, 11) is 0. The maximum absolute atomic E-state index is 6.49. The molecule has 19 heavy (non-hydrogen) atoms. The molecule has 0 radical (unpaired) electrons. The normalized spacial score (nSPS) is 12.9. The van der Waals surface area contributed by atoms with Gasteiger partial charge in [-0.1, -0.05) is 55.4 Å². The second-order valence-corrected chi connectivity index (χ2v) is 7.90. The molecule has 1 heteroatoms. The quantitative estimate of drug-likeness (QED) is 0.478. The van der Waals surface area contributed by atoms with E-state index < -0.39 is 0 Å². The Balaban J connectivity index is 4.51. The average Bonchev–Trinajstić information content (AvgIpc) is 2.11. The molecule has 0 aromatic rings. The molecule has 0 aromatic carbocycles. The SMILES string of the molecule is CC(C)CC(CC(C)C)OC(CC(C)C)CC(C)C. The average molecular weight is 271 g/mol. The molecule has 0 aliphatic heterocycles. The molecular formula is C18H38O. The first-order valence-corrected chi connectivity index (χ1v) is 8.36. The van der Waals surface area contributed by atoms with Crippen molar-refractivity contribution in [2.24, 2.45) is 23.7 Å². The Morgan fingerprint density at radius 3 is 0.842 bits per heavy atom. The smallest absolute Gasteiger partial charge is 0.0583 e. The van der Waals surface area contributed by atoms with Gasteiger partial charge in [-0.25, -0.2) is 0 Å². The second kappa shape index (κ2) is 9.80. The first-order chi connectivity index (χ1) is 8.70. The molecule has 0 saturated heterocycles. The van der Waals surface area contributed by atoms with Crippen molar-refractivity contribution < 1.29 is 4.74 Å². The van der Waals surface area contributed by atoms with E-state index in [1.165, 1.54) is 25.7 Å². The van der Waals surface area contributed by atoms with Crippen molar-refractivity contribution in [3.05, 3.63) is 0 Å². The molecule has 0 aliphatic rings. The highest BCUT2D eigenvalue weighted by atomic mass is 16.5. The van der Waals surface area contributed by atoms with Gasteiger partial charge in [-0.15, -0.1) is 0 Å². The van der Waals surface area contributed by atoms with Crippen LogP contribution in [0, 0.1) is 23.7 Å². The van der Waals surface area contributed by atoms with Gasteiger partial charge in [-0.3, -0.25) is 0 Å². The highest BCUT2D eigenvalue weighted by Crippen LogP contribution is 2.24. The van der Waals surface area contributed by atoms with Crippen molar-refractivity contribution in [3.63, 3.8) is 0 Å². The van der Waals surface area contributed by atoms with E-state index in [0.29, 0.717) is 12.2 Å². The first-order valence-electron chi connectivity index (χ1n) is 8.36. The molecule has 116 valence electrons. The Kier molecular flexibility index (Phi) is 9.78. The van der Waals surface area contributed by atoms with E-state index >= 15 is 0 Å². The van der Waals surface area contributed by atoms with Crippen LogP contribution in [0.1, 0.15) is 81.1 Å². The van der Waals surface area contributed by atoms with Gasteiger partial charge in [0, 0.05) is 0 Å². The molecule has 0 heterocycles. The summed E-state index contributed by atoms with van der Waals surface area (Å²) in [5.74, 6) is 2.90. The van der Waals surface area contributed by atoms with E-state index in [0.717, 1.165) is 23.7 Å². The zero-order chi connectivity index (χ0) is 15.0. The predicted molar refractivity (Wildman–Crippen MR) is 86.5 cm³/mol. The molecule has 0 spiro atoms.